The third-order valence-electron chi connectivity index (χ3n) is 5.89. The summed E-state index contributed by atoms with van der Waals surface area (Å²) in [7, 11) is 1.37. The van der Waals surface area contributed by atoms with Crippen molar-refractivity contribution in [2.75, 3.05) is 26.8 Å². The lowest BCUT2D eigenvalue weighted by Crippen LogP contribution is -2.57. The maximum atomic E-state index is 13.0. The number of aromatic nitrogens is 2. The Labute approximate surface area is 157 Å². The normalized spacial score (nSPS) is 27.3. The summed E-state index contributed by atoms with van der Waals surface area (Å²) in [6, 6.07) is -0.339. The smallest absolute Gasteiger partial charge is 0.310 e. The van der Waals surface area contributed by atoms with Crippen molar-refractivity contribution >= 4 is 17.8 Å². The fourth-order valence-electron chi connectivity index (χ4n) is 4.62. The maximum absolute atomic E-state index is 13.0. The number of hydrogen-bond acceptors (Lipinski definition) is 6. The number of piperazine rings is 1. The molecule has 4 rings (SSSR count). The zero-order valence-corrected chi connectivity index (χ0v) is 15.6. The van der Waals surface area contributed by atoms with E-state index in [2.05, 4.69) is 10.2 Å². The van der Waals surface area contributed by atoms with E-state index in [9.17, 15) is 14.4 Å². The van der Waals surface area contributed by atoms with Gasteiger partial charge in [-0.05, 0) is 12.8 Å². The number of methoxy groups -OCH3 is 1. The van der Waals surface area contributed by atoms with Crippen LogP contribution in [0, 0.1) is 5.92 Å². The standard InChI is InChI=1S/C18H24N4O5/c1-3-14-11(18(25)26-2)6-10-7-21(8-15(23)22(10)14)17(24)16-12-9-27-5-4-13(12)19-20-16/h10-11,14H,3-9H2,1-2H3,(H,19,20)/t10-,11-,14-/m0/s1. The molecule has 0 saturated carbocycles. The van der Waals surface area contributed by atoms with Crippen molar-refractivity contribution in [3.63, 3.8) is 0 Å². The van der Waals surface area contributed by atoms with E-state index < -0.39 is 0 Å². The molecule has 146 valence electrons. The van der Waals surface area contributed by atoms with Gasteiger partial charge >= 0.3 is 5.97 Å². The topological polar surface area (TPSA) is 105 Å². The molecule has 2 amide bonds. The summed E-state index contributed by atoms with van der Waals surface area (Å²) in [4.78, 5) is 41.3. The van der Waals surface area contributed by atoms with E-state index in [0.29, 0.717) is 44.7 Å². The molecule has 3 aliphatic rings. The Morgan fingerprint density at radius 3 is 2.96 bits per heavy atom. The molecule has 0 aromatic carbocycles. The molecule has 1 aromatic heterocycles. The molecule has 9 heteroatoms. The Balaban J connectivity index is 1.55. The number of hydrogen-bond donors (Lipinski definition) is 1. The number of rotatable bonds is 3. The molecule has 4 heterocycles. The third-order valence-corrected chi connectivity index (χ3v) is 5.89. The Morgan fingerprint density at radius 2 is 2.22 bits per heavy atom. The predicted molar refractivity (Wildman–Crippen MR) is 92.7 cm³/mol. The van der Waals surface area contributed by atoms with Crippen LogP contribution in [0.4, 0.5) is 0 Å². The number of aromatic amines is 1. The largest absolute Gasteiger partial charge is 0.469 e. The number of fused-ring (bicyclic) bond motifs is 2. The van der Waals surface area contributed by atoms with Gasteiger partial charge in [0.05, 0.1) is 32.3 Å². The minimum Gasteiger partial charge on any atom is -0.469 e. The van der Waals surface area contributed by atoms with Crippen molar-refractivity contribution in [2.45, 2.75) is 44.9 Å². The lowest BCUT2D eigenvalue weighted by Gasteiger charge is -2.39. The van der Waals surface area contributed by atoms with E-state index in [1.165, 1.54) is 7.11 Å². The highest BCUT2D eigenvalue weighted by Gasteiger charge is 2.50. The van der Waals surface area contributed by atoms with Gasteiger partial charge in [-0.3, -0.25) is 19.5 Å². The zero-order chi connectivity index (χ0) is 19.1. The van der Waals surface area contributed by atoms with Gasteiger partial charge in [-0.2, -0.15) is 5.10 Å². The number of H-pyrrole nitrogens is 1. The maximum Gasteiger partial charge on any atom is 0.310 e. The molecule has 1 N–H and O–H groups in total. The second-order valence-electron chi connectivity index (χ2n) is 7.31. The van der Waals surface area contributed by atoms with Gasteiger partial charge in [0.25, 0.3) is 5.91 Å². The van der Waals surface area contributed by atoms with Crippen LogP contribution in [0.3, 0.4) is 0 Å². The van der Waals surface area contributed by atoms with E-state index >= 15 is 0 Å². The number of amides is 2. The molecule has 2 saturated heterocycles. The lowest BCUT2D eigenvalue weighted by atomic mass is 9.97. The quantitative estimate of drug-likeness (QED) is 0.751. The molecule has 0 unspecified atom stereocenters. The van der Waals surface area contributed by atoms with E-state index in [0.717, 1.165) is 11.3 Å². The van der Waals surface area contributed by atoms with Crippen LogP contribution < -0.4 is 0 Å². The first kappa shape index (κ1) is 18.0. The summed E-state index contributed by atoms with van der Waals surface area (Å²) in [5.41, 5.74) is 2.04. The van der Waals surface area contributed by atoms with Gasteiger partial charge in [-0.1, -0.05) is 6.92 Å². The number of nitrogens with one attached hydrogen (secondary N) is 1. The van der Waals surface area contributed by atoms with Crippen LogP contribution in [0.15, 0.2) is 0 Å². The van der Waals surface area contributed by atoms with Gasteiger partial charge in [0, 0.05) is 30.3 Å². The van der Waals surface area contributed by atoms with Gasteiger partial charge < -0.3 is 19.3 Å². The second kappa shape index (κ2) is 6.95. The molecule has 27 heavy (non-hydrogen) atoms. The number of ether oxygens (including phenoxy) is 2. The Morgan fingerprint density at radius 1 is 1.41 bits per heavy atom. The van der Waals surface area contributed by atoms with Gasteiger partial charge in [-0.15, -0.1) is 0 Å². The van der Waals surface area contributed by atoms with Crippen LogP contribution >= 0.6 is 0 Å². The number of nitrogens with zero attached hydrogens (tertiary/aromatic N) is 3. The molecule has 2 fully saturated rings. The molecule has 3 aliphatic heterocycles. The molecular formula is C18H24N4O5. The highest BCUT2D eigenvalue weighted by Crippen LogP contribution is 2.36. The van der Waals surface area contributed by atoms with Crippen molar-refractivity contribution in [1.82, 2.24) is 20.0 Å². The van der Waals surface area contributed by atoms with E-state index in [1.807, 2.05) is 6.92 Å². The summed E-state index contributed by atoms with van der Waals surface area (Å²) < 4.78 is 10.4. The van der Waals surface area contributed by atoms with Gasteiger partial charge in [-0.25, -0.2) is 0 Å². The fraction of sp³-hybridized carbons (Fsp3) is 0.667. The Kier molecular flexibility index (Phi) is 4.63. The predicted octanol–water partition coefficient (Wildman–Crippen LogP) is 0.107. The summed E-state index contributed by atoms with van der Waals surface area (Å²) in [6.07, 6.45) is 1.90. The van der Waals surface area contributed by atoms with Crippen LogP contribution in [-0.4, -0.2) is 76.7 Å². The molecule has 9 nitrogen and oxygen atoms in total. The fourth-order valence-corrected chi connectivity index (χ4v) is 4.62. The van der Waals surface area contributed by atoms with Crippen LogP contribution in [0.1, 0.15) is 41.5 Å². The van der Waals surface area contributed by atoms with Crippen LogP contribution in [-0.2, 0) is 32.1 Å². The average Bonchev–Trinajstić information content (AvgIpc) is 3.28. The summed E-state index contributed by atoms with van der Waals surface area (Å²) in [5.74, 6) is -1.02. The van der Waals surface area contributed by atoms with E-state index in [1.54, 1.807) is 9.80 Å². The Hall–Kier alpha value is -2.42. The van der Waals surface area contributed by atoms with E-state index in [4.69, 9.17) is 9.47 Å². The van der Waals surface area contributed by atoms with Gasteiger partial charge in [0.1, 0.15) is 6.54 Å². The SMILES string of the molecule is CC[C@H]1[C@@H](C(=O)OC)C[C@H]2CN(C(=O)c3n[nH]c4c3COCC4)CC(=O)N21. The first-order valence-electron chi connectivity index (χ1n) is 9.37. The molecule has 0 radical (unpaired) electrons. The summed E-state index contributed by atoms with van der Waals surface area (Å²) >= 11 is 0. The van der Waals surface area contributed by atoms with Crippen molar-refractivity contribution in [3.8, 4) is 0 Å². The number of carbonyl (C=O) groups is 3. The first-order valence-corrected chi connectivity index (χ1v) is 9.37. The van der Waals surface area contributed by atoms with Crippen molar-refractivity contribution < 1.29 is 23.9 Å². The molecule has 0 bridgehead atoms. The molecule has 0 aliphatic carbocycles. The van der Waals surface area contributed by atoms with Crippen molar-refractivity contribution in [3.05, 3.63) is 17.0 Å². The highest BCUT2D eigenvalue weighted by molar-refractivity contribution is 5.97. The Bertz CT molecular complexity index is 776. The summed E-state index contributed by atoms with van der Waals surface area (Å²) in [6.45, 7) is 3.32. The minimum atomic E-state index is -0.337. The first-order chi connectivity index (χ1) is 13.0. The van der Waals surface area contributed by atoms with Crippen LogP contribution in [0.25, 0.3) is 0 Å². The van der Waals surface area contributed by atoms with Gasteiger partial charge in [0.2, 0.25) is 5.91 Å². The van der Waals surface area contributed by atoms with Crippen molar-refractivity contribution in [1.29, 1.82) is 0 Å². The van der Waals surface area contributed by atoms with E-state index in [-0.39, 0.29) is 42.3 Å². The molecular weight excluding hydrogens is 352 g/mol. The molecule has 3 atom stereocenters. The molecule has 0 spiro atoms. The minimum absolute atomic E-state index is 0.00220. The monoisotopic (exact) mass is 376 g/mol. The average molecular weight is 376 g/mol. The summed E-state index contributed by atoms with van der Waals surface area (Å²) in [5, 5.41) is 7.09. The highest BCUT2D eigenvalue weighted by atomic mass is 16.5. The molecule has 1 aromatic rings. The number of esters is 1. The van der Waals surface area contributed by atoms with Gasteiger partial charge in [0.15, 0.2) is 5.69 Å². The lowest BCUT2D eigenvalue weighted by molar-refractivity contribution is -0.147. The third kappa shape index (κ3) is 2.90. The number of carbonyl (C=O) groups excluding carboxylic acids is 3. The zero-order valence-electron chi connectivity index (χ0n) is 15.6. The van der Waals surface area contributed by atoms with Crippen LogP contribution in [0.5, 0.6) is 0 Å². The second-order valence-corrected chi connectivity index (χ2v) is 7.31. The van der Waals surface area contributed by atoms with Crippen LogP contribution in [0.2, 0.25) is 0 Å². The van der Waals surface area contributed by atoms with Crippen molar-refractivity contribution in [2.24, 2.45) is 5.92 Å².